The number of anilines is 1. The SMILES string of the molecule is COc1ccccc1NC(=O)C1=C(C)NC(=S)NC1c1ccc(F)cc1. The van der Waals surface area contributed by atoms with Crippen molar-refractivity contribution < 1.29 is 13.9 Å². The van der Waals surface area contributed by atoms with Crippen molar-refractivity contribution in [3.63, 3.8) is 0 Å². The summed E-state index contributed by atoms with van der Waals surface area (Å²) in [6.45, 7) is 1.78. The third kappa shape index (κ3) is 3.67. The lowest BCUT2D eigenvalue weighted by Crippen LogP contribution is -2.45. The Morgan fingerprint density at radius 1 is 1.19 bits per heavy atom. The Morgan fingerprint density at radius 2 is 1.88 bits per heavy atom. The molecule has 7 heteroatoms. The fourth-order valence-electron chi connectivity index (χ4n) is 2.84. The lowest BCUT2D eigenvalue weighted by atomic mass is 9.95. The summed E-state index contributed by atoms with van der Waals surface area (Å²) in [6, 6.07) is 12.6. The van der Waals surface area contributed by atoms with Gasteiger partial charge in [0.2, 0.25) is 0 Å². The van der Waals surface area contributed by atoms with Gasteiger partial charge in [-0.3, -0.25) is 4.79 Å². The standard InChI is InChI=1S/C19H18FN3O2S/c1-11-16(18(24)22-14-5-3-4-6-15(14)25-2)17(23-19(26)21-11)12-7-9-13(20)10-8-12/h3-10,17H,1-2H3,(H,22,24)(H2,21,23,26). The smallest absolute Gasteiger partial charge is 0.255 e. The van der Waals surface area contributed by atoms with Crippen LogP contribution in [0.2, 0.25) is 0 Å². The predicted molar refractivity (Wildman–Crippen MR) is 102 cm³/mol. The van der Waals surface area contributed by atoms with Gasteiger partial charge in [0, 0.05) is 5.70 Å². The number of thiocarbonyl (C=S) groups is 1. The van der Waals surface area contributed by atoms with Crippen LogP contribution in [0.25, 0.3) is 0 Å². The molecule has 26 heavy (non-hydrogen) atoms. The maximum Gasteiger partial charge on any atom is 0.255 e. The van der Waals surface area contributed by atoms with E-state index in [1.807, 2.05) is 12.1 Å². The molecule has 0 saturated carbocycles. The minimum Gasteiger partial charge on any atom is -0.495 e. The van der Waals surface area contributed by atoms with Crippen LogP contribution in [0.15, 0.2) is 59.8 Å². The Morgan fingerprint density at radius 3 is 2.58 bits per heavy atom. The van der Waals surface area contributed by atoms with Crippen LogP contribution in [0.3, 0.4) is 0 Å². The Kier molecular flexibility index (Phi) is 5.18. The van der Waals surface area contributed by atoms with E-state index in [1.54, 1.807) is 38.3 Å². The topological polar surface area (TPSA) is 62.4 Å². The highest BCUT2D eigenvalue weighted by atomic mass is 32.1. The van der Waals surface area contributed by atoms with Gasteiger partial charge in [-0.1, -0.05) is 24.3 Å². The van der Waals surface area contributed by atoms with E-state index in [9.17, 15) is 9.18 Å². The number of ether oxygens (including phenoxy) is 1. The zero-order valence-corrected chi connectivity index (χ0v) is 15.1. The zero-order chi connectivity index (χ0) is 18.7. The lowest BCUT2D eigenvalue weighted by molar-refractivity contribution is -0.113. The molecule has 5 nitrogen and oxygen atoms in total. The minimum absolute atomic E-state index is 0.302. The molecule has 3 rings (SSSR count). The van der Waals surface area contributed by atoms with Crippen molar-refractivity contribution in [2.75, 3.05) is 12.4 Å². The van der Waals surface area contributed by atoms with Crippen molar-refractivity contribution in [2.45, 2.75) is 13.0 Å². The number of allylic oxidation sites excluding steroid dienone is 1. The van der Waals surface area contributed by atoms with Gasteiger partial charge in [-0.2, -0.15) is 0 Å². The maximum atomic E-state index is 13.3. The molecule has 1 atom stereocenters. The van der Waals surface area contributed by atoms with Gasteiger partial charge in [0.1, 0.15) is 11.6 Å². The van der Waals surface area contributed by atoms with Crippen molar-refractivity contribution in [1.29, 1.82) is 0 Å². The number of benzene rings is 2. The number of halogens is 1. The first-order valence-electron chi connectivity index (χ1n) is 7.97. The second-order valence-electron chi connectivity index (χ2n) is 5.78. The van der Waals surface area contributed by atoms with Gasteiger partial charge in [0.05, 0.1) is 24.4 Å². The summed E-state index contributed by atoms with van der Waals surface area (Å²) in [7, 11) is 1.54. The summed E-state index contributed by atoms with van der Waals surface area (Å²) in [4.78, 5) is 13.0. The monoisotopic (exact) mass is 371 g/mol. The number of hydrogen-bond donors (Lipinski definition) is 3. The van der Waals surface area contributed by atoms with Crippen LogP contribution in [0, 0.1) is 5.82 Å². The number of nitrogens with one attached hydrogen (secondary N) is 3. The van der Waals surface area contributed by atoms with E-state index in [0.29, 0.717) is 27.8 Å². The predicted octanol–water partition coefficient (Wildman–Crippen LogP) is 3.27. The van der Waals surface area contributed by atoms with Crippen molar-refractivity contribution in [2.24, 2.45) is 0 Å². The molecule has 3 N–H and O–H groups in total. The second kappa shape index (κ2) is 7.53. The van der Waals surface area contributed by atoms with Crippen LogP contribution in [0.1, 0.15) is 18.5 Å². The number of carbonyl (C=O) groups is 1. The molecule has 1 aliphatic heterocycles. The molecule has 2 aromatic rings. The molecule has 0 radical (unpaired) electrons. The van der Waals surface area contributed by atoms with E-state index in [2.05, 4.69) is 16.0 Å². The number of amides is 1. The molecule has 0 spiro atoms. The molecule has 1 amide bonds. The Hall–Kier alpha value is -2.93. The summed E-state index contributed by atoms with van der Waals surface area (Å²) < 4.78 is 18.5. The molecule has 0 bridgehead atoms. The van der Waals surface area contributed by atoms with Gasteiger partial charge < -0.3 is 20.7 Å². The Bertz CT molecular complexity index is 881. The van der Waals surface area contributed by atoms with Gasteiger partial charge in [-0.15, -0.1) is 0 Å². The van der Waals surface area contributed by atoms with Crippen molar-refractivity contribution >= 4 is 28.9 Å². The van der Waals surface area contributed by atoms with Crippen molar-refractivity contribution in [3.05, 3.63) is 71.2 Å². The molecule has 2 aromatic carbocycles. The normalized spacial score (nSPS) is 16.6. The summed E-state index contributed by atoms with van der Waals surface area (Å²) in [5, 5.41) is 9.32. The highest BCUT2D eigenvalue weighted by Crippen LogP contribution is 2.30. The van der Waals surface area contributed by atoms with Crippen LogP contribution < -0.4 is 20.7 Å². The fraction of sp³-hybridized carbons (Fsp3) is 0.158. The number of carbonyl (C=O) groups excluding carboxylic acids is 1. The summed E-state index contributed by atoms with van der Waals surface area (Å²) in [6.07, 6.45) is 0. The van der Waals surface area contributed by atoms with E-state index in [4.69, 9.17) is 17.0 Å². The number of hydrogen-bond acceptors (Lipinski definition) is 3. The summed E-state index contributed by atoms with van der Waals surface area (Å²) in [5.41, 5.74) is 2.40. The number of rotatable bonds is 4. The zero-order valence-electron chi connectivity index (χ0n) is 14.3. The second-order valence-corrected chi connectivity index (χ2v) is 6.18. The number of para-hydroxylation sites is 2. The van der Waals surface area contributed by atoms with Gasteiger partial charge >= 0.3 is 0 Å². The highest BCUT2D eigenvalue weighted by molar-refractivity contribution is 7.80. The third-order valence-corrected chi connectivity index (χ3v) is 4.29. The molecule has 0 aromatic heterocycles. The van der Waals surface area contributed by atoms with E-state index in [-0.39, 0.29) is 11.7 Å². The average molecular weight is 371 g/mol. The molecule has 1 unspecified atom stereocenters. The summed E-state index contributed by atoms with van der Waals surface area (Å²) >= 11 is 5.21. The molecule has 1 aliphatic rings. The minimum atomic E-state index is -0.487. The Balaban J connectivity index is 1.95. The quantitative estimate of drug-likeness (QED) is 0.720. The Labute approximate surface area is 156 Å². The van der Waals surface area contributed by atoms with Crippen molar-refractivity contribution in [3.8, 4) is 5.75 Å². The maximum absolute atomic E-state index is 13.3. The van der Waals surface area contributed by atoms with E-state index in [0.717, 1.165) is 5.56 Å². The first-order chi connectivity index (χ1) is 12.5. The largest absolute Gasteiger partial charge is 0.495 e. The van der Waals surface area contributed by atoms with Crippen molar-refractivity contribution in [1.82, 2.24) is 10.6 Å². The van der Waals surface area contributed by atoms with E-state index >= 15 is 0 Å². The van der Waals surface area contributed by atoms with Crippen LogP contribution in [0.5, 0.6) is 5.75 Å². The van der Waals surface area contributed by atoms with E-state index in [1.165, 1.54) is 12.1 Å². The van der Waals surface area contributed by atoms with Gasteiger partial charge in [-0.25, -0.2) is 4.39 Å². The van der Waals surface area contributed by atoms with Crippen LogP contribution in [-0.4, -0.2) is 18.1 Å². The fourth-order valence-corrected chi connectivity index (χ4v) is 3.11. The van der Waals surface area contributed by atoms with Crippen LogP contribution >= 0.6 is 12.2 Å². The van der Waals surface area contributed by atoms with E-state index < -0.39 is 6.04 Å². The summed E-state index contributed by atoms with van der Waals surface area (Å²) in [5.74, 6) is -0.0838. The van der Waals surface area contributed by atoms with Crippen LogP contribution in [0.4, 0.5) is 10.1 Å². The van der Waals surface area contributed by atoms with Gasteiger partial charge in [0.15, 0.2) is 5.11 Å². The van der Waals surface area contributed by atoms with Crippen LogP contribution in [-0.2, 0) is 4.79 Å². The van der Waals surface area contributed by atoms with Gasteiger partial charge in [-0.05, 0) is 49.0 Å². The molecule has 1 heterocycles. The molecule has 0 fully saturated rings. The first kappa shape index (κ1) is 17.9. The molecule has 0 aliphatic carbocycles. The molecular formula is C19H18FN3O2S. The van der Waals surface area contributed by atoms with Gasteiger partial charge in [0.25, 0.3) is 5.91 Å². The highest BCUT2D eigenvalue weighted by Gasteiger charge is 2.30. The third-order valence-electron chi connectivity index (χ3n) is 4.07. The molecule has 0 saturated heterocycles. The first-order valence-corrected chi connectivity index (χ1v) is 8.38. The average Bonchev–Trinajstić information content (AvgIpc) is 2.62. The number of methoxy groups -OCH3 is 1. The molecule has 134 valence electrons. The lowest BCUT2D eigenvalue weighted by Gasteiger charge is -2.30. The molecular weight excluding hydrogens is 353 g/mol.